The summed E-state index contributed by atoms with van der Waals surface area (Å²) in [6.45, 7) is 0.589. The maximum Gasteiger partial charge on any atom is 0.271 e. The van der Waals surface area contributed by atoms with E-state index in [1.165, 1.54) is 12.4 Å². The summed E-state index contributed by atoms with van der Waals surface area (Å²) in [4.78, 5) is 19.6. The van der Waals surface area contributed by atoms with Gasteiger partial charge in [-0.3, -0.25) is 4.79 Å². The molecule has 0 atom stereocenters. The number of hydrogen-bond acceptors (Lipinski definition) is 5. The largest absolute Gasteiger partial charge is 0.454 e. The van der Waals surface area contributed by atoms with Crippen LogP contribution in [-0.4, -0.2) is 22.7 Å². The highest BCUT2D eigenvalue weighted by atomic mass is 35.5. The van der Waals surface area contributed by atoms with Crippen molar-refractivity contribution in [2.45, 2.75) is 6.54 Å². The fourth-order valence-electron chi connectivity index (χ4n) is 1.75. The lowest BCUT2D eigenvalue weighted by Gasteiger charge is -2.05. The van der Waals surface area contributed by atoms with Crippen molar-refractivity contribution >= 4 is 17.5 Å². The van der Waals surface area contributed by atoms with Crippen molar-refractivity contribution in [2.75, 3.05) is 6.79 Å². The van der Waals surface area contributed by atoms with Crippen LogP contribution in [0.1, 0.15) is 16.1 Å². The van der Waals surface area contributed by atoms with Gasteiger partial charge in [-0.1, -0.05) is 17.7 Å². The number of nitrogens with one attached hydrogen (secondary N) is 1. The number of carbonyl (C=O) groups excluding carboxylic acids is 1. The third kappa shape index (κ3) is 2.65. The maximum absolute atomic E-state index is 11.9. The molecule has 0 saturated carbocycles. The zero-order chi connectivity index (χ0) is 13.9. The zero-order valence-corrected chi connectivity index (χ0v) is 11.1. The van der Waals surface area contributed by atoms with Gasteiger partial charge in [0.2, 0.25) is 6.79 Å². The van der Waals surface area contributed by atoms with Crippen molar-refractivity contribution in [1.29, 1.82) is 0 Å². The van der Waals surface area contributed by atoms with Crippen LogP contribution in [0.4, 0.5) is 0 Å². The molecule has 1 aromatic heterocycles. The van der Waals surface area contributed by atoms with Gasteiger partial charge in [0.05, 0.1) is 12.4 Å². The summed E-state index contributed by atoms with van der Waals surface area (Å²) < 4.78 is 10.5. The fourth-order valence-corrected chi connectivity index (χ4v) is 1.85. The molecule has 7 heteroatoms. The first kappa shape index (κ1) is 12.7. The van der Waals surface area contributed by atoms with Gasteiger partial charge < -0.3 is 14.8 Å². The Bertz CT molecular complexity index is 646. The Kier molecular flexibility index (Phi) is 3.39. The molecule has 2 heterocycles. The Morgan fingerprint density at radius 3 is 2.90 bits per heavy atom. The molecule has 0 unspecified atom stereocenters. The van der Waals surface area contributed by atoms with Gasteiger partial charge in [-0.2, -0.15) is 0 Å². The predicted molar refractivity (Wildman–Crippen MR) is 70.8 cm³/mol. The predicted octanol–water partition coefficient (Wildman–Crippen LogP) is 1.79. The first-order valence-electron chi connectivity index (χ1n) is 5.86. The molecular weight excluding hydrogens is 282 g/mol. The van der Waals surface area contributed by atoms with Gasteiger partial charge in [0, 0.05) is 6.54 Å². The number of halogens is 1. The first-order chi connectivity index (χ1) is 9.72. The molecule has 20 heavy (non-hydrogen) atoms. The zero-order valence-electron chi connectivity index (χ0n) is 10.3. The van der Waals surface area contributed by atoms with E-state index in [0.29, 0.717) is 18.0 Å². The lowest BCUT2D eigenvalue weighted by Crippen LogP contribution is -2.23. The number of rotatable bonds is 3. The monoisotopic (exact) mass is 291 g/mol. The summed E-state index contributed by atoms with van der Waals surface area (Å²) in [6.07, 6.45) is 2.66. The van der Waals surface area contributed by atoms with E-state index in [1.807, 2.05) is 18.2 Å². The molecule has 0 saturated heterocycles. The van der Waals surface area contributed by atoms with E-state index >= 15 is 0 Å². The standard InChI is InChI=1S/C13H10ClN3O3/c14-12-6-15-9(5-16-12)13(18)17-4-8-1-2-10-11(3-8)20-7-19-10/h1-3,5-6H,4,7H2,(H,17,18). The van der Waals surface area contributed by atoms with Crippen LogP contribution in [0.25, 0.3) is 0 Å². The molecule has 0 bridgehead atoms. The minimum atomic E-state index is -0.313. The molecule has 0 radical (unpaired) electrons. The fraction of sp³-hybridized carbons (Fsp3) is 0.154. The quantitative estimate of drug-likeness (QED) is 0.933. The molecule has 1 aliphatic rings. The molecule has 6 nitrogen and oxygen atoms in total. The second-order valence-electron chi connectivity index (χ2n) is 4.09. The lowest BCUT2D eigenvalue weighted by atomic mass is 10.2. The second-order valence-corrected chi connectivity index (χ2v) is 4.48. The minimum absolute atomic E-state index is 0.218. The van der Waals surface area contributed by atoms with E-state index < -0.39 is 0 Å². The number of hydrogen-bond donors (Lipinski definition) is 1. The normalized spacial score (nSPS) is 12.2. The molecule has 0 fully saturated rings. The van der Waals surface area contributed by atoms with E-state index in [4.69, 9.17) is 21.1 Å². The Balaban J connectivity index is 1.64. The van der Waals surface area contributed by atoms with E-state index in [0.717, 1.165) is 5.56 Å². The Hall–Kier alpha value is -2.34. The second kappa shape index (κ2) is 5.34. The highest BCUT2D eigenvalue weighted by molar-refractivity contribution is 6.29. The Morgan fingerprint density at radius 1 is 1.25 bits per heavy atom. The van der Waals surface area contributed by atoms with Gasteiger partial charge in [-0.15, -0.1) is 0 Å². The topological polar surface area (TPSA) is 73.3 Å². The van der Waals surface area contributed by atoms with Gasteiger partial charge in [-0.05, 0) is 17.7 Å². The van der Waals surface area contributed by atoms with Gasteiger partial charge in [0.15, 0.2) is 11.5 Å². The SMILES string of the molecule is O=C(NCc1ccc2c(c1)OCO2)c1cnc(Cl)cn1. The Morgan fingerprint density at radius 2 is 2.10 bits per heavy atom. The van der Waals surface area contributed by atoms with Crippen LogP contribution >= 0.6 is 11.6 Å². The van der Waals surface area contributed by atoms with Gasteiger partial charge in [0.25, 0.3) is 5.91 Å². The number of aromatic nitrogens is 2. The van der Waals surface area contributed by atoms with Gasteiger partial charge >= 0.3 is 0 Å². The van der Waals surface area contributed by atoms with E-state index in [9.17, 15) is 4.79 Å². The van der Waals surface area contributed by atoms with Crippen molar-refractivity contribution in [3.63, 3.8) is 0 Å². The molecule has 2 aromatic rings. The smallest absolute Gasteiger partial charge is 0.271 e. The van der Waals surface area contributed by atoms with E-state index in [1.54, 1.807) is 0 Å². The summed E-state index contributed by atoms with van der Waals surface area (Å²) >= 11 is 5.61. The molecule has 1 N–H and O–H groups in total. The number of fused-ring (bicyclic) bond motifs is 1. The lowest BCUT2D eigenvalue weighted by molar-refractivity contribution is 0.0945. The van der Waals surface area contributed by atoms with Crippen LogP contribution in [0.5, 0.6) is 11.5 Å². The molecule has 1 aromatic carbocycles. The van der Waals surface area contributed by atoms with Crippen molar-refractivity contribution in [1.82, 2.24) is 15.3 Å². The average Bonchev–Trinajstić information content (AvgIpc) is 2.93. The molecule has 1 amide bonds. The van der Waals surface area contributed by atoms with Crippen molar-refractivity contribution in [3.05, 3.63) is 47.0 Å². The molecule has 0 spiro atoms. The minimum Gasteiger partial charge on any atom is -0.454 e. The van der Waals surface area contributed by atoms with E-state index in [2.05, 4.69) is 15.3 Å². The summed E-state index contributed by atoms with van der Waals surface area (Å²) in [5, 5.41) is 2.99. The number of ether oxygens (including phenoxy) is 2. The highest BCUT2D eigenvalue weighted by Gasteiger charge is 2.14. The molecular formula is C13H10ClN3O3. The maximum atomic E-state index is 11.9. The number of benzene rings is 1. The van der Waals surface area contributed by atoms with Gasteiger partial charge in [0.1, 0.15) is 10.8 Å². The molecule has 0 aliphatic carbocycles. The van der Waals surface area contributed by atoms with Crippen LogP contribution in [0.3, 0.4) is 0 Å². The number of nitrogens with zero attached hydrogens (tertiary/aromatic N) is 2. The van der Waals surface area contributed by atoms with Crippen molar-refractivity contribution in [3.8, 4) is 11.5 Å². The number of carbonyl (C=O) groups is 1. The van der Waals surface area contributed by atoms with Crippen LogP contribution in [0.2, 0.25) is 5.15 Å². The molecule has 3 rings (SSSR count). The van der Waals surface area contributed by atoms with Crippen LogP contribution in [-0.2, 0) is 6.54 Å². The third-order valence-electron chi connectivity index (χ3n) is 2.74. The van der Waals surface area contributed by atoms with Crippen LogP contribution in [0, 0.1) is 0 Å². The summed E-state index contributed by atoms with van der Waals surface area (Å²) in [6, 6.07) is 5.50. The average molecular weight is 292 g/mol. The van der Waals surface area contributed by atoms with E-state index in [-0.39, 0.29) is 23.5 Å². The summed E-state index contributed by atoms with van der Waals surface area (Å²) in [5.74, 6) is 1.08. The first-order valence-corrected chi connectivity index (χ1v) is 6.24. The van der Waals surface area contributed by atoms with Crippen molar-refractivity contribution in [2.24, 2.45) is 0 Å². The third-order valence-corrected chi connectivity index (χ3v) is 2.94. The molecule has 102 valence electrons. The highest BCUT2D eigenvalue weighted by Crippen LogP contribution is 2.32. The van der Waals surface area contributed by atoms with Crippen molar-refractivity contribution < 1.29 is 14.3 Å². The molecule has 1 aliphatic heterocycles. The van der Waals surface area contributed by atoms with Crippen LogP contribution < -0.4 is 14.8 Å². The van der Waals surface area contributed by atoms with Gasteiger partial charge in [-0.25, -0.2) is 9.97 Å². The summed E-state index contributed by atoms with van der Waals surface area (Å²) in [7, 11) is 0. The summed E-state index contributed by atoms with van der Waals surface area (Å²) in [5.41, 5.74) is 1.12. The number of amides is 1. The van der Waals surface area contributed by atoms with Crippen LogP contribution in [0.15, 0.2) is 30.6 Å². The Labute approximate surface area is 119 Å².